The topological polar surface area (TPSA) is 66.5 Å². The van der Waals surface area contributed by atoms with Gasteiger partial charge in [-0.15, -0.1) is 0 Å². The van der Waals surface area contributed by atoms with Gasteiger partial charge in [-0.05, 0) is 38.0 Å². The number of hydrogen-bond donors (Lipinski definition) is 1. The minimum atomic E-state index is -3.23. The van der Waals surface area contributed by atoms with Crippen LogP contribution in [0.2, 0.25) is 0 Å². The van der Waals surface area contributed by atoms with E-state index in [0.29, 0.717) is 12.3 Å². The van der Waals surface area contributed by atoms with Gasteiger partial charge in [0.1, 0.15) is 0 Å². The molecule has 2 unspecified atom stereocenters. The number of hydrogen-bond acceptors (Lipinski definition) is 3. The zero-order valence-electron chi connectivity index (χ0n) is 11.2. The molecule has 2 saturated heterocycles. The summed E-state index contributed by atoms with van der Waals surface area (Å²) >= 11 is 0. The van der Waals surface area contributed by atoms with E-state index in [9.17, 15) is 13.2 Å². The van der Waals surface area contributed by atoms with Crippen molar-refractivity contribution >= 4 is 15.9 Å². The third kappa shape index (κ3) is 2.79. The van der Waals surface area contributed by atoms with Gasteiger partial charge in [-0.25, -0.2) is 13.1 Å². The number of rotatable bonds is 4. The number of carbonyl (C=O) groups excluding carboxylic acids is 1. The summed E-state index contributed by atoms with van der Waals surface area (Å²) in [4.78, 5) is 13.8. The molecule has 2 aliphatic heterocycles. The zero-order valence-corrected chi connectivity index (χ0v) is 12.0. The first-order valence-corrected chi connectivity index (χ1v) is 9.00. The van der Waals surface area contributed by atoms with Gasteiger partial charge in [0, 0.05) is 19.0 Å². The minimum Gasteiger partial charge on any atom is -0.338 e. The number of carbonyl (C=O) groups is 1. The van der Waals surface area contributed by atoms with Gasteiger partial charge in [-0.3, -0.25) is 4.79 Å². The molecular formula is C13H22N2O3S. The monoisotopic (exact) mass is 286 g/mol. The molecule has 19 heavy (non-hydrogen) atoms. The molecule has 2 heterocycles. The van der Waals surface area contributed by atoms with E-state index in [1.807, 2.05) is 4.90 Å². The highest BCUT2D eigenvalue weighted by molar-refractivity contribution is 7.89. The molecule has 0 radical (unpaired) electrons. The number of fused-ring (bicyclic) bond motifs is 1. The van der Waals surface area contributed by atoms with E-state index in [1.54, 1.807) is 0 Å². The number of piperidine rings is 1. The molecule has 1 saturated carbocycles. The molecule has 1 aliphatic carbocycles. The van der Waals surface area contributed by atoms with E-state index in [0.717, 1.165) is 45.1 Å². The second-order valence-electron chi connectivity index (χ2n) is 6.16. The van der Waals surface area contributed by atoms with Crippen molar-refractivity contribution in [2.45, 2.75) is 57.0 Å². The Morgan fingerprint density at radius 2 is 1.95 bits per heavy atom. The molecule has 0 aromatic rings. The smallest absolute Gasteiger partial charge is 0.224 e. The molecule has 0 spiro atoms. The number of nitrogens with one attached hydrogen (secondary N) is 1. The van der Waals surface area contributed by atoms with Crippen molar-refractivity contribution in [1.29, 1.82) is 0 Å². The quantitative estimate of drug-likeness (QED) is 0.833. The van der Waals surface area contributed by atoms with Crippen molar-refractivity contribution in [3.63, 3.8) is 0 Å². The van der Waals surface area contributed by atoms with Crippen LogP contribution in [0.25, 0.3) is 0 Å². The first-order valence-electron chi connectivity index (χ1n) is 7.35. The Hall–Kier alpha value is -0.620. The Morgan fingerprint density at radius 1 is 1.16 bits per heavy atom. The van der Waals surface area contributed by atoms with Crippen LogP contribution in [0.3, 0.4) is 0 Å². The highest BCUT2D eigenvalue weighted by atomic mass is 32.2. The van der Waals surface area contributed by atoms with E-state index in [4.69, 9.17) is 0 Å². The molecule has 3 fully saturated rings. The van der Waals surface area contributed by atoms with Gasteiger partial charge < -0.3 is 4.90 Å². The van der Waals surface area contributed by atoms with Crippen LogP contribution in [0.1, 0.15) is 44.9 Å². The van der Waals surface area contributed by atoms with Gasteiger partial charge in [0.2, 0.25) is 15.9 Å². The van der Waals surface area contributed by atoms with Crippen molar-refractivity contribution in [3.8, 4) is 0 Å². The fourth-order valence-corrected chi connectivity index (χ4v) is 5.25. The third-order valence-corrected chi connectivity index (χ3v) is 6.31. The van der Waals surface area contributed by atoms with Crippen LogP contribution in [-0.4, -0.2) is 43.6 Å². The highest BCUT2D eigenvalue weighted by Crippen LogP contribution is 2.30. The SMILES string of the molecule is O=C1CC(NS(=O)(=O)CC2CCC2)C2CCCCN12. The molecule has 3 aliphatic rings. The Morgan fingerprint density at radius 3 is 2.63 bits per heavy atom. The van der Waals surface area contributed by atoms with Gasteiger partial charge >= 0.3 is 0 Å². The maximum Gasteiger partial charge on any atom is 0.224 e. The molecule has 2 atom stereocenters. The van der Waals surface area contributed by atoms with Crippen molar-refractivity contribution < 1.29 is 13.2 Å². The molecule has 3 rings (SSSR count). The Labute approximate surface area is 114 Å². The Balaban J connectivity index is 1.63. The van der Waals surface area contributed by atoms with Gasteiger partial charge in [0.05, 0.1) is 11.8 Å². The zero-order chi connectivity index (χ0) is 13.5. The molecule has 1 amide bonds. The molecule has 0 aromatic heterocycles. The molecule has 0 bridgehead atoms. The second kappa shape index (κ2) is 5.05. The van der Waals surface area contributed by atoms with Crippen LogP contribution in [0.15, 0.2) is 0 Å². The van der Waals surface area contributed by atoms with Crippen molar-refractivity contribution in [2.75, 3.05) is 12.3 Å². The third-order valence-electron chi connectivity index (χ3n) is 4.74. The first kappa shape index (κ1) is 13.4. The predicted octanol–water partition coefficient (Wildman–Crippen LogP) is 0.859. The van der Waals surface area contributed by atoms with Crippen LogP contribution in [0, 0.1) is 5.92 Å². The molecule has 1 N–H and O–H groups in total. The van der Waals surface area contributed by atoms with E-state index in [2.05, 4.69) is 4.72 Å². The maximum atomic E-state index is 12.1. The van der Waals surface area contributed by atoms with E-state index < -0.39 is 10.0 Å². The molecule has 108 valence electrons. The molecule has 6 heteroatoms. The lowest BCUT2D eigenvalue weighted by molar-refractivity contribution is -0.129. The summed E-state index contributed by atoms with van der Waals surface area (Å²) in [7, 11) is -3.23. The number of amides is 1. The summed E-state index contributed by atoms with van der Waals surface area (Å²) in [6, 6.07) is -0.102. The van der Waals surface area contributed by atoms with Crippen LogP contribution in [-0.2, 0) is 14.8 Å². The average molecular weight is 286 g/mol. The second-order valence-corrected chi connectivity index (χ2v) is 7.96. The van der Waals surface area contributed by atoms with Gasteiger partial charge in [0.15, 0.2) is 0 Å². The van der Waals surface area contributed by atoms with Crippen LogP contribution < -0.4 is 4.72 Å². The average Bonchev–Trinajstić information content (AvgIpc) is 2.62. The lowest BCUT2D eigenvalue weighted by Crippen LogP contribution is -2.48. The summed E-state index contributed by atoms with van der Waals surface area (Å²) in [6.45, 7) is 0.796. The van der Waals surface area contributed by atoms with Crippen molar-refractivity contribution in [3.05, 3.63) is 0 Å². The lowest BCUT2D eigenvalue weighted by atomic mass is 9.87. The largest absolute Gasteiger partial charge is 0.338 e. The Kier molecular flexibility index (Phi) is 3.55. The molecule has 5 nitrogen and oxygen atoms in total. The van der Waals surface area contributed by atoms with E-state index in [-0.39, 0.29) is 23.7 Å². The molecule has 0 aromatic carbocycles. The summed E-state index contributed by atoms with van der Waals surface area (Å²) in [5.41, 5.74) is 0. The molecular weight excluding hydrogens is 264 g/mol. The maximum absolute atomic E-state index is 12.1. The van der Waals surface area contributed by atoms with Gasteiger partial charge in [-0.2, -0.15) is 0 Å². The lowest BCUT2D eigenvalue weighted by Gasteiger charge is -2.33. The van der Waals surface area contributed by atoms with E-state index in [1.165, 1.54) is 0 Å². The minimum absolute atomic E-state index is 0.0948. The Bertz CT molecular complexity index is 459. The fraction of sp³-hybridized carbons (Fsp3) is 0.923. The number of nitrogens with zero attached hydrogens (tertiary/aromatic N) is 1. The summed E-state index contributed by atoms with van der Waals surface area (Å²) < 4.78 is 27.1. The highest BCUT2D eigenvalue weighted by Gasteiger charge is 2.42. The summed E-state index contributed by atoms with van der Waals surface area (Å²) in [5, 5.41) is 0. The first-order chi connectivity index (χ1) is 9.05. The van der Waals surface area contributed by atoms with Gasteiger partial charge in [0.25, 0.3) is 0 Å². The summed E-state index contributed by atoms with van der Waals surface area (Å²) in [5.74, 6) is 0.683. The number of sulfonamides is 1. The van der Waals surface area contributed by atoms with E-state index >= 15 is 0 Å². The van der Waals surface area contributed by atoms with Crippen LogP contribution in [0.5, 0.6) is 0 Å². The summed E-state index contributed by atoms with van der Waals surface area (Å²) in [6.07, 6.45) is 6.62. The van der Waals surface area contributed by atoms with Crippen LogP contribution >= 0.6 is 0 Å². The predicted molar refractivity (Wildman–Crippen MR) is 72.0 cm³/mol. The van der Waals surface area contributed by atoms with Gasteiger partial charge in [-0.1, -0.05) is 6.42 Å². The standard InChI is InChI=1S/C13H22N2O3S/c16-13-8-11(12-6-1-2-7-15(12)13)14-19(17,18)9-10-4-3-5-10/h10-12,14H,1-9H2. The van der Waals surface area contributed by atoms with Crippen molar-refractivity contribution in [2.24, 2.45) is 5.92 Å². The fourth-order valence-electron chi connectivity index (χ4n) is 3.50. The van der Waals surface area contributed by atoms with Crippen LogP contribution in [0.4, 0.5) is 0 Å². The normalized spacial score (nSPS) is 32.2. The van der Waals surface area contributed by atoms with Crippen molar-refractivity contribution in [1.82, 2.24) is 9.62 Å².